The fourth-order valence-corrected chi connectivity index (χ4v) is 2.19. The maximum Gasteiger partial charge on any atom is 0.292 e. The Kier molecular flexibility index (Phi) is 5.35. The van der Waals surface area contributed by atoms with Crippen LogP contribution in [0.3, 0.4) is 0 Å². The number of hydrogen-bond donors (Lipinski definition) is 2. The summed E-state index contributed by atoms with van der Waals surface area (Å²) in [6.07, 6.45) is 0. The van der Waals surface area contributed by atoms with Gasteiger partial charge in [0, 0.05) is 23.8 Å². The van der Waals surface area contributed by atoms with Gasteiger partial charge in [-0.25, -0.2) is 0 Å². The van der Waals surface area contributed by atoms with Crippen LogP contribution in [0.4, 0.5) is 17.1 Å². The van der Waals surface area contributed by atoms with Gasteiger partial charge in [0.15, 0.2) is 5.11 Å². The van der Waals surface area contributed by atoms with Crippen molar-refractivity contribution in [2.24, 2.45) is 0 Å². The molecule has 0 aliphatic carbocycles. The second-order valence-corrected chi connectivity index (χ2v) is 5.40. The van der Waals surface area contributed by atoms with Gasteiger partial charge in [0.1, 0.15) is 5.69 Å². The van der Waals surface area contributed by atoms with Crippen molar-refractivity contribution in [1.29, 1.82) is 0 Å². The molecule has 2 aromatic carbocycles. The first-order valence-corrected chi connectivity index (χ1v) is 7.30. The van der Waals surface area contributed by atoms with Crippen LogP contribution in [0.2, 0.25) is 0 Å². The lowest BCUT2D eigenvalue weighted by Gasteiger charge is -2.10. The van der Waals surface area contributed by atoms with Gasteiger partial charge in [0.2, 0.25) is 0 Å². The van der Waals surface area contributed by atoms with E-state index in [1.165, 1.54) is 30.3 Å². The summed E-state index contributed by atoms with van der Waals surface area (Å²) < 4.78 is 0. The number of thiocarbonyl (C=S) groups is 1. The highest BCUT2D eigenvalue weighted by Gasteiger charge is 2.17. The number of benzene rings is 2. The van der Waals surface area contributed by atoms with E-state index < -0.39 is 15.8 Å². The second kappa shape index (κ2) is 7.45. The number of non-ortho nitro benzene ring substituents is 1. The Morgan fingerprint density at radius 1 is 1.08 bits per heavy atom. The van der Waals surface area contributed by atoms with Crippen molar-refractivity contribution in [3.8, 4) is 0 Å². The molecule has 0 radical (unpaired) electrons. The van der Waals surface area contributed by atoms with Crippen molar-refractivity contribution < 1.29 is 14.6 Å². The van der Waals surface area contributed by atoms with Crippen molar-refractivity contribution in [2.45, 2.75) is 6.92 Å². The highest BCUT2D eigenvalue weighted by molar-refractivity contribution is 7.80. The van der Waals surface area contributed by atoms with Crippen LogP contribution in [0.15, 0.2) is 42.5 Å². The van der Waals surface area contributed by atoms with E-state index in [0.717, 1.165) is 6.07 Å². The molecule has 2 N–H and O–H groups in total. The predicted molar refractivity (Wildman–Crippen MR) is 94.6 cm³/mol. The topological polar surface area (TPSA) is 127 Å². The molecule has 0 saturated carbocycles. The molecule has 128 valence electrons. The standard InChI is InChI=1S/C15H12N4O5S/c1-9-5-6-12(13(7-9)19(23)24)16-15(25)17-14(20)10-3-2-4-11(8-10)18(21)22/h2-8H,1H3,(H2,16,17,20,25). The van der Waals surface area contributed by atoms with E-state index in [-0.39, 0.29) is 27.7 Å². The highest BCUT2D eigenvalue weighted by atomic mass is 32.1. The lowest BCUT2D eigenvalue weighted by molar-refractivity contribution is -0.384. The van der Waals surface area contributed by atoms with E-state index in [0.29, 0.717) is 5.56 Å². The number of hydrogen-bond acceptors (Lipinski definition) is 6. The van der Waals surface area contributed by atoms with Crippen LogP contribution in [0.5, 0.6) is 0 Å². The zero-order valence-electron chi connectivity index (χ0n) is 12.9. The molecule has 0 bridgehead atoms. The first-order valence-electron chi connectivity index (χ1n) is 6.90. The number of nitro groups is 2. The molecule has 1 amide bonds. The smallest absolute Gasteiger partial charge is 0.292 e. The van der Waals surface area contributed by atoms with Gasteiger partial charge >= 0.3 is 0 Å². The van der Waals surface area contributed by atoms with Crippen LogP contribution >= 0.6 is 12.2 Å². The average Bonchev–Trinajstić information content (AvgIpc) is 2.56. The minimum absolute atomic E-state index is 0.0387. The van der Waals surface area contributed by atoms with Gasteiger partial charge in [-0.3, -0.25) is 30.3 Å². The van der Waals surface area contributed by atoms with Gasteiger partial charge in [0.05, 0.1) is 9.85 Å². The lowest BCUT2D eigenvalue weighted by atomic mass is 10.2. The van der Waals surface area contributed by atoms with E-state index in [1.54, 1.807) is 13.0 Å². The van der Waals surface area contributed by atoms with Crippen molar-refractivity contribution in [3.05, 3.63) is 73.8 Å². The number of amides is 1. The number of anilines is 1. The Hall–Kier alpha value is -3.40. The van der Waals surface area contributed by atoms with Crippen molar-refractivity contribution >= 4 is 40.3 Å². The van der Waals surface area contributed by atoms with Crippen LogP contribution in [-0.4, -0.2) is 20.9 Å². The Morgan fingerprint density at radius 3 is 2.44 bits per heavy atom. The Balaban J connectivity index is 2.13. The number of carbonyl (C=O) groups excluding carboxylic acids is 1. The molecule has 0 unspecified atom stereocenters. The fraction of sp³-hybridized carbons (Fsp3) is 0.0667. The lowest BCUT2D eigenvalue weighted by Crippen LogP contribution is -2.34. The number of nitrogens with zero attached hydrogens (tertiary/aromatic N) is 2. The number of nitrogens with one attached hydrogen (secondary N) is 2. The zero-order valence-corrected chi connectivity index (χ0v) is 13.7. The predicted octanol–water partition coefficient (Wildman–Crippen LogP) is 2.94. The third-order valence-corrected chi connectivity index (χ3v) is 3.35. The van der Waals surface area contributed by atoms with Gasteiger partial charge in [-0.05, 0) is 36.8 Å². The SMILES string of the molecule is Cc1ccc(NC(=S)NC(=O)c2cccc([N+](=O)[O-])c2)c([N+](=O)[O-])c1. The van der Waals surface area contributed by atoms with Gasteiger partial charge in [0.25, 0.3) is 17.3 Å². The Morgan fingerprint density at radius 2 is 1.80 bits per heavy atom. The summed E-state index contributed by atoms with van der Waals surface area (Å²) in [5.74, 6) is -0.670. The molecule has 0 aromatic heterocycles. The second-order valence-electron chi connectivity index (χ2n) is 4.99. The highest BCUT2D eigenvalue weighted by Crippen LogP contribution is 2.25. The maximum atomic E-state index is 12.1. The summed E-state index contributed by atoms with van der Waals surface area (Å²) in [5, 5.41) is 26.6. The Bertz CT molecular complexity index is 884. The molecule has 0 saturated heterocycles. The molecule has 9 nitrogen and oxygen atoms in total. The van der Waals surface area contributed by atoms with E-state index in [1.807, 2.05) is 0 Å². The van der Waals surface area contributed by atoms with Crippen LogP contribution in [0.25, 0.3) is 0 Å². The molecule has 0 fully saturated rings. The molecule has 0 spiro atoms. The molecule has 10 heteroatoms. The van der Waals surface area contributed by atoms with Crippen LogP contribution in [-0.2, 0) is 0 Å². The fourth-order valence-electron chi connectivity index (χ4n) is 1.99. The van der Waals surface area contributed by atoms with Crippen LogP contribution in [0, 0.1) is 27.2 Å². The van der Waals surface area contributed by atoms with E-state index in [9.17, 15) is 25.0 Å². The molecule has 0 atom stereocenters. The van der Waals surface area contributed by atoms with Crippen molar-refractivity contribution in [2.75, 3.05) is 5.32 Å². The monoisotopic (exact) mass is 360 g/mol. The number of rotatable bonds is 4. The summed E-state index contributed by atoms with van der Waals surface area (Å²) in [7, 11) is 0. The van der Waals surface area contributed by atoms with E-state index in [4.69, 9.17) is 12.2 Å². The maximum absolute atomic E-state index is 12.1. The van der Waals surface area contributed by atoms with Crippen molar-refractivity contribution in [1.82, 2.24) is 5.32 Å². The van der Waals surface area contributed by atoms with Crippen LogP contribution in [0.1, 0.15) is 15.9 Å². The molecular weight excluding hydrogens is 348 g/mol. The van der Waals surface area contributed by atoms with Gasteiger partial charge in [-0.1, -0.05) is 12.1 Å². The molecule has 0 aliphatic rings. The first-order chi connectivity index (χ1) is 11.8. The van der Waals surface area contributed by atoms with E-state index in [2.05, 4.69) is 10.6 Å². The summed E-state index contributed by atoms with van der Waals surface area (Å²) >= 11 is 4.98. The average molecular weight is 360 g/mol. The largest absolute Gasteiger partial charge is 0.327 e. The normalized spacial score (nSPS) is 9.96. The number of nitro benzene ring substituents is 2. The van der Waals surface area contributed by atoms with Gasteiger partial charge < -0.3 is 5.32 Å². The third-order valence-electron chi connectivity index (χ3n) is 3.14. The summed E-state index contributed by atoms with van der Waals surface area (Å²) in [6, 6.07) is 9.61. The third kappa shape index (κ3) is 4.54. The molecule has 25 heavy (non-hydrogen) atoms. The zero-order chi connectivity index (χ0) is 18.6. The first kappa shape index (κ1) is 17.9. The van der Waals surface area contributed by atoms with Gasteiger partial charge in [-0.2, -0.15) is 0 Å². The minimum Gasteiger partial charge on any atom is -0.327 e. The molecule has 0 aliphatic heterocycles. The molecule has 0 heterocycles. The van der Waals surface area contributed by atoms with Gasteiger partial charge in [-0.15, -0.1) is 0 Å². The van der Waals surface area contributed by atoms with Crippen molar-refractivity contribution in [3.63, 3.8) is 0 Å². The molecular formula is C15H12N4O5S. The summed E-state index contributed by atoms with van der Waals surface area (Å²) in [4.78, 5) is 32.7. The molecule has 2 aromatic rings. The number of carbonyl (C=O) groups is 1. The minimum atomic E-state index is -0.670. The molecule has 2 rings (SSSR count). The summed E-state index contributed by atoms with van der Waals surface area (Å²) in [5.41, 5.74) is 0.438. The Labute approximate surface area is 147 Å². The number of aryl methyl sites for hydroxylation is 1. The quantitative estimate of drug-likeness (QED) is 0.487. The summed E-state index contributed by atoms with van der Waals surface area (Å²) in [6.45, 7) is 1.71. The van der Waals surface area contributed by atoms with Crippen LogP contribution < -0.4 is 10.6 Å². The van der Waals surface area contributed by atoms with E-state index >= 15 is 0 Å².